The molecule has 0 spiro atoms. The normalized spacial score (nSPS) is 11.9. The fourth-order valence-electron chi connectivity index (χ4n) is 4.15. The zero-order valence-corrected chi connectivity index (χ0v) is 22.0. The van der Waals surface area contributed by atoms with Gasteiger partial charge in [0.2, 0.25) is 0 Å². The quantitative estimate of drug-likeness (QED) is 0.0909. The SMILES string of the molecule is C=CC(=O)OC(C)(C)CC(C)(C)Oc1ccc2cc(-c3ccc(SCCCC)cc3)c(=O)oc2c1. The number of hydrogen-bond acceptors (Lipinski definition) is 6. The van der Waals surface area contributed by atoms with Crippen molar-refractivity contribution in [3.05, 3.63) is 71.6 Å². The number of hydrogen-bond donors (Lipinski definition) is 0. The molecule has 0 unspecified atom stereocenters. The maximum absolute atomic E-state index is 12.8. The van der Waals surface area contributed by atoms with Gasteiger partial charge < -0.3 is 13.9 Å². The molecule has 35 heavy (non-hydrogen) atoms. The second-order valence-corrected chi connectivity index (χ2v) is 11.0. The lowest BCUT2D eigenvalue weighted by Gasteiger charge is -2.34. The van der Waals surface area contributed by atoms with Crippen molar-refractivity contribution < 1.29 is 18.7 Å². The molecule has 0 amide bonds. The number of carbonyl (C=O) groups excluding carboxylic acids is 1. The van der Waals surface area contributed by atoms with Crippen molar-refractivity contribution in [2.45, 2.75) is 70.0 Å². The third kappa shape index (κ3) is 7.49. The molecule has 5 nitrogen and oxygen atoms in total. The molecule has 1 heterocycles. The van der Waals surface area contributed by atoms with E-state index in [-0.39, 0.29) is 0 Å². The van der Waals surface area contributed by atoms with E-state index in [4.69, 9.17) is 13.9 Å². The highest BCUT2D eigenvalue weighted by Crippen LogP contribution is 2.31. The highest BCUT2D eigenvalue weighted by Gasteiger charge is 2.33. The van der Waals surface area contributed by atoms with Crippen LogP contribution < -0.4 is 10.4 Å². The topological polar surface area (TPSA) is 65.7 Å². The molecule has 0 atom stereocenters. The van der Waals surface area contributed by atoms with Gasteiger partial charge in [0.05, 0.1) is 5.56 Å². The summed E-state index contributed by atoms with van der Waals surface area (Å²) in [5.41, 5.74) is 0.0435. The van der Waals surface area contributed by atoms with Crippen LogP contribution in [0.4, 0.5) is 0 Å². The molecule has 186 valence electrons. The first-order valence-corrected chi connectivity index (χ1v) is 12.9. The second kappa shape index (κ2) is 11.2. The van der Waals surface area contributed by atoms with Gasteiger partial charge in [0.15, 0.2) is 0 Å². The van der Waals surface area contributed by atoms with Gasteiger partial charge in [0.1, 0.15) is 22.5 Å². The third-order valence-corrected chi connectivity index (χ3v) is 6.53. The minimum absolute atomic E-state index is 0.391. The maximum atomic E-state index is 12.8. The number of rotatable bonds is 11. The summed E-state index contributed by atoms with van der Waals surface area (Å²) in [6.07, 6.45) is 3.96. The van der Waals surface area contributed by atoms with E-state index in [1.165, 1.54) is 17.7 Å². The van der Waals surface area contributed by atoms with E-state index >= 15 is 0 Å². The maximum Gasteiger partial charge on any atom is 0.344 e. The summed E-state index contributed by atoms with van der Waals surface area (Å²) in [4.78, 5) is 25.6. The molecule has 1 aromatic heterocycles. The number of benzene rings is 2. The Bertz CT molecular complexity index is 1240. The summed E-state index contributed by atoms with van der Waals surface area (Å²) in [5.74, 6) is 1.18. The summed E-state index contributed by atoms with van der Waals surface area (Å²) < 4.78 is 17.3. The molecule has 0 saturated heterocycles. The number of thioether (sulfide) groups is 1. The van der Waals surface area contributed by atoms with Crippen molar-refractivity contribution in [3.8, 4) is 16.9 Å². The zero-order valence-electron chi connectivity index (χ0n) is 21.2. The van der Waals surface area contributed by atoms with Gasteiger partial charge in [-0.25, -0.2) is 9.59 Å². The van der Waals surface area contributed by atoms with Crippen LogP contribution in [0.3, 0.4) is 0 Å². The van der Waals surface area contributed by atoms with Crippen molar-refractivity contribution >= 4 is 28.7 Å². The van der Waals surface area contributed by atoms with Gasteiger partial charge in [-0.15, -0.1) is 11.8 Å². The Kier molecular flexibility index (Phi) is 8.49. The van der Waals surface area contributed by atoms with Crippen LogP contribution in [0.5, 0.6) is 5.75 Å². The summed E-state index contributed by atoms with van der Waals surface area (Å²) >= 11 is 1.82. The van der Waals surface area contributed by atoms with Crippen LogP contribution in [-0.4, -0.2) is 22.9 Å². The molecule has 0 saturated carbocycles. The summed E-state index contributed by atoms with van der Waals surface area (Å²) in [6, 6.07) is 15.3. The molecule has 3 rings (SSSR count). The fraction of sp³-hybridized carbons (Fsp3) is 0.379. The van der Waals surface area contributed by atoms with E-state index in [2.05, 4.69) is 13.5 Å². The smallest absolute Gasteiger partial charge is 0.344 e. The van der Waals surface area contributed by atoms with Gasteiger partial charge in [-0.2, -0.15) is 0 Å². The Morgan fingerprint density at radius 2 is 1.77 bits per heavy atom. The van der Waals surface area contributed by atoms with Gasteiger partial charge >= 0.3 is 11.6 Å². The number of carbonyl (C=O) groups is 1. The first-order chi connectivity index (χ1) is 16.5. The predicted octanol–water partition coefficient (Wildman–Crippen LogP) is 7.41. The van der Waals surface area contributed by atoms with Crippen LogP contribution in [-0.2, 0) is 9.53 Å². The Balaban J connectivity index is 1.78. The summed E-state index contributed by atoms with van der Waals surface area (Å²) in [6.45, 7) is 13.1. The van der Waals surface area contributed by atoms with Crippen LogP contribution >= 0.6 is 11.8 Å². The highest BCUT2D eigenvalue weighted by molar-refractivity contribution is 7.99. The fourth-order valence-corrected chi connectivity index (χ4v) is 5.15. The van der Waals surface area contributed by atoms with Crippen LogP contribution in [0, 0.1) is 0 Å². The molecular weight excluding hydrogens is 460 g/mol. The summed E-state index contributed by atoms with van der Waals surface area (Å²) in [5, 5.41) is 0.811. The molecule has 0 aliphatic carbocycles. The number of esters is 1. The molecule has 0 bridgehead atoms. The van der Waals surface area contributed by atoms with E-state index in [9.17, 15) is 9.59 Å². The van der Waals surface area contributed by atoms with Gasteiger partial charge in [0.25, 0.3) is 0 Å². The lowest BCUT2D eigenvalue weighted by Crippen LogP contribution is -2.40. The Hall–Kier alpha value is -2.99. The highest BCUT2D eigenvalue weighted by atomic mass is 32.2. The lowest BCUT2D eigenvalue weighted by molar-refractivity contribution is -0.154. The molecule has 0 radical (unpaired) electrons. The molecule has 0 aliphatic heterocycles. The van der Waals surface area contributed by atoms with Crippen molar-refractivity contribution in [1.29, 1.82) is 0 Å². The number of fused-ring (bicyclic) bond motifs is 1. The first-order valence-electron chi connectivity index (χ1n) is 11.9. The predicted molar refractivity (Wildman–Crippen MR) is 143 cm³/mol. The number of unbranched alkanes of at least 4 members (excludes halogenated alkanes) is 1. The average Bonchev–Trinajstić information content (AvgIpc) is 2.78. The molecule has 3 aromatic rings. The van der Waals surface area contributed by atoms with E-state index in [0.29, 0.717) is 23.3 Å². The van der Waals surface area contributed by atoms with Crippen molar-refractivity contribution in [3.63, 3.8) is 0 Å². The van der Waals surface area contributed by atoms with E-state index < -0.39 is 22.8 Å². The van der Waals surface area contributed by atoms with Crippen molar-refractivity contribution in [1.82, 2.24) is 0 Å². The Morgan fingerprint density at radius 3 is 2.43 bits per heavy atom. The molecule has 0 N–H and O–H groups in total. The molecule has 2 aromatic carbocycles. The average molecular weight is 495 g/mol. The molecule has 0 aliphatic rings. The standard InChI is InChI=1S/C29H34O5S/c1-7-9-16-35-23-14-11-20(12-15-23)24-17-21-10-13-22(18-25(21)32-27(24)31)33-28(3,4)19-29(5,6)34-26(30)8-2/h8,10-15,17-18H,2,7,9,16,19H2,1,3-6H3. The van der Waals surface area contributed by atoms with Crippen molar-refractivity contribution in [2.24, 2.45) is 0 Å². The van der Waals surface area contributed by atoms with Gasteiger partial charge in [-0.1, -0.05) is 32.1 Å². The molecular formula is C29H34O5S. The number of ether oxygens (including phenoxy) is 2. The largest absolute Gasteiger partial charge is 0.488 e. The third-order valence-electron chi connectivity index (χ3n) is 5.43. The van der Waals surface area contributed by atoms with Gasteiger partial charge in [-0.3, -0.25) is 0 Å². The van der Waals surface area contributed by atoms with Gasteiger partial charge in [0, 0.05) is 28.8 Å². The van der Waals surface area contributed by atoms with Crippen LogP contribution in [0.25, 0.3) is 22.1 Å². The van der Waals surface area contributed by atoms with Gasteiger partial charge in [-0.05, 0) is 75.8 Å². The second-order valence-electron chi connectivity index (χ2n) is 9.80. The minimum Gasteiger partial charge on any atom is -0.488 e. The summed E-state index contributed by atoms with van der Waals surface area (Å²) in [7, 11) is 0. The van der Waals surface area contributed by atoms with Crippen molar-refractivity contribution in [2.75, 3.05) is 5.75 Å². The lowest BCUT2D eigenvalue weighted by atomic mass is 9.92. The van der Waals surface area contributed by atoms with E-state index in [1.807, 2.05) is 81.9 Å². The zero-order chi connectivity index (χ0) is 25.6. The Labute approximate surface area is 211 Å². The molecule has 0 fully saturated rings. The van der Waals surface area contributed by atoms with E-state index in [1.54, 1.807) is 6.07 Å². The molecule has 6 heteroatoms. The minimum atomic E-state index is -0.739. The first kappa shape index (κ1) is 26.6. The van der Waals surface area contributed by atoms with E-state index in [0.717, 1.165) is 22.8 Å². The monoisotopic (exact) mass is 494 g/mol. The Morgan fingerprint density at radius 1 is 1.06 bits per heavy atom. The van der Waals surface area contributed by atoms with Crippen LogP contribution in [0.1, 0.15) is 53.9 Å². The van der Waals surface area contributed by atoms with Crippen LogP contribution in [0.15, 0.2) is 75.3 Å². The van der Waals surface area contributed by atoms with Crippen LogP contribution in [0.2, 0.25) is 0 Å².